The molecular formula is C13H19N3S2. The minimum absolute atomic E-state index is 0.315. The fraction of sp³-hybridized carbons (Fsp3) is 0.538. The Bertz CT molecular complexity index is 516. The minimum atomic E-state index is 0.315. The maximum Gasteiger partial charge on any atom is 0.0900 e. The zero-order chi connectivity index (χ0) is 13.1. The molecule has 2 rings (SSSR count). The SMILES string of the molecule is Cc1nc(CCNC(C)c2nc(C)sc2C)cs1. The highest BCUT2D eigenvalue weighted by atomic mass is 32.1. The molecule has 0 aliphatic carbocycles. The molecule has 0 saturated heterocycles. The lowest BCUT2D eigenvalue weighted by atomic mass is 10.2. The summed E-state index contributed by atoms with van der Waals surface area (Å²) >= 11 is 3.48. The zero-order valence-electron chi connectivity index (χ0n) is 11.3. The summed E-state index contributed by atoms with van der Waals surface area (Å²) < 4.78 is 0. The Morgan fingerprint density at radius 3 is 2.56 bits per heavy atom. The number of hydrogen-bond donors (Lipinski definition) is 1. The smallest absolute Gasteiger partial charge is 0.0900 e. The molecule has 0 amide bonds. The number of aromatic nitrogens is 2. The Balaban J connectivity index is 1.85. The summed E-state index contributed by atoms with van der Waals surface area (Å²) in [4.78, 5) is 10.4. The number of nitrogens with zero attached hydrogens (tertiary/aromatic N) is 2. The number of nitrogens with one attached hydrogen (secondary N) is 1. The van der Waals surface area contributed by atoms with Gasteiger partial charge in [0.05, 0.1) is 21.4 Å². The van der Waals surface area contributed by atoms with Gasteiger partial charge in [-0.3, -0.25) is 0 Å². The monoisotopic (exact) mass is 281 g/mol. The molecule has 1 N–H and O–H groups in total. The minimum Gasteiger partial charge on any atom is -0.308 e. The molecule has 98 valence electrons. The maximum absolute atomic E-state index is 4.58. The van der Waals surface area contributed by atoms with Gasteiger partial charge in [0, 0.05) is 29.3 Å². The lowest BCUT2D eigenvalue weighted by Crippen LogP contribution is -2.22. The van der Waals surface area contributed by atoms with Gasteiger partial charge in [-0.2, -0.15) is 0 Å². The van der Waals surface area contributed by atoms with Crippen LogP contribution in [-0.2, 0) is 6.42 Å². The van der Waals surface area contributed by atoms with Crippen molar-refractivity contribution in [3.8, 4) is 0 Å². The van der Waals surface area contributed by atoms with Crippen LogP contribution in [0.4, 0.5) is 0 Å². The fourth-order valence-electron chi connectivity index (χ4n) is 1.98. The van der Waals surface area contributed by atoms with E-state index in [0.717, 1.165) is 23.0 Å². The third kappa shape index (κ3) is 3.37. The van der Waals surface area contributed by atoms with Crippen LogP contribution in [0.2, 0.25) is 0 Å². The van der Waals surface area contributed by atoms with E-state index in [2.05, 4.69) is 41.4 Å². The Morgan fingerprint density at radius 1 is 1.22 bits per heavy atom. The Morgan fingerprint density at radius 2 is 2.00 bits per heavy atom. The molecule has 0 fully saturated rings. The quantitative estimate of drug-likeness (QED) is 0.912. The van der Waals surface area contributed by atoms with Crippen molar-refractivity contribution in [2.24, 2.45) is 0 Å². The van der Waals surface area contributed by atoms with E-state index in [1.807, 2.05) is 6.92 Å². The molecule has 1 unspecified atom stereocenters. The van der Waals surface area contributed by atoms with Crippen molar-refractivity contribution >= 4 is 22.7 Å². The van der Waals surface area contributed by atoms with Gasteiger partial charge in [0.1, 0.15) is 0 Å². The van der Waals surface area contributed by atoms with Crippen molar-refractivity contribution < 1.29 is 0 Å². The van der Waals surface area contributed by atoms with Gasteiger partial charge in [-0.05, 0) is 27.7 Å². The van der Waals surface area contributed by atoms with Gasteiger partial charge in [0.25, 0.3) is 0 Å². The van der Waals surface area contributed by atoms with Gasteiger partial charge < -0.3 is 5.32 Å². The molecule has 0 spiro atoms. The van der Waals surface area contributed by atoms with Gasteiger partial charge in [-0.15, -0.1) is 22.7 Å². The van der Waals surface area contributed by atoms with Crippen molar-refractivity contribution in [2.75, 3.05) is 6.54 Å². The molecule has 2 heterocycles. The summed E-state index contributed by atoms with van der Waals surface area (Å²) in [5, 5.41) is 7.95. The van der Waals surface area contributed by atoms with E-state index in [9.17, 15) is 0 Å². The molecule has 0 saturated carbocycles. The topological polar surface area (TPSA) is 37.8 Å². The second kappa shape index (κ2) is 5.91. The molecular weight excluding hydrogens is 262 g/mol. The van der Waals surface area contributed by atoms with Gasteiger partial charge >= 0.3 is 0 Å². The molecule has 0 radical (unpaired) electrons. The second-order valence-electron chi connectivity index (χ2n) is 4.46. The lowest BCUT2D eigenvalue weighted by Gasteiger charge is -2.11. The number of hydrogen-bond acceptors (Lipinski definition) is 5. The first-order valence-electron chi connectivity index (χ1n) is 6.14. The lowest BCUT2D eigenvalue weighted by molar-refractivity contribution is 0.561. The molecule has 0 bridgehead atoms. The van der Waals surface area contributed by atoms with Crippen LogP contribution in [0.25, 0.3) is 0 Å². The average Bonchev–Trinajstić information content (AvgIpc) is 2.85. The second-order valence-corrected chi connectivity index (χ2v) is 6.93. The summed E-state index contributed by atoms with van der Waals surface area (Å²) in [6.45, 7) is 9.37. The average molecular weight is 281 g/mol. The summed E-state index contributed by atoms with van der Waals surface area (Å²) in [5.41, 5.74) is 2.37. The number of aryl methyl sites for hydroxylation is 3. The van der Waals surface area contributed by atoms with Crippen molar-refractivity contribution in [3.63, 3.8) is 0 Å². The van der Waals surface area contributed by atoms with Crippen LogP contribution in [0.5, 0.6) is 0 Å². The van der Waals surface area contributed by atoms with Gasteiger partial charge in [0.2, 0.25) is 0 Å². The van der Waals surface area contributed by atoms with Crippen molar-refractivity contribution in [1.82, 2.24) is 15.3 Å². The molecule has 0 aliphatic rings. The molecule has 2 aromatic heterocycles. The van der Waals surface area contributed by atoms with Gasteiger partial charge in [0.15, 0.2) is 0 Å². The van der Waals surface area contributed by atoms with Crippen molar-refractivity contribution in [2.45, 2.75) is 40.2 Å². The molecule has 3 nitrogen and oxygen atoms in total. The highest BCUT2D eigenvalue weighted by molar-refractivity contribution is 7.11. The van der Waals surface area contributed by atoms with E-state index >= 15 is 0 Å². The molecule has 0 aliphatic heterocycles. The van der Waals surface area contributed by atoms with E-state index in [-0.39, 0.29) is 0 Å². The number of rotatable bonds is 5. The van der Waals surface area contributed by atoms with Crippen molar-refractivity contribution in [1.29, 1.82) is 0 Å². The van der Waals surface area contributed by atoms with Gasteiger partial charge in [-0.1, -0.05) is 0 Å². The first kappa shape index (κ1) is 13.6. The summed E-state index contributed by atoms with van der Waals surface area (Å²) in [5.74, 6) is 0. The Kier molecular flexibility index (Phi) is 4.48. The van der Waals surface area contributed by atoms with E-state index in [4.69, 9.17) is 0 Å². The van der Waals surface area contributed by atoms with E-state index < -0.39 is 0 Å². The standard InChI is InChI=1S/C13H19N3S2/c1-8(13-9(2)18-11(4)16-13)14-6-5-12-7-17-10(3)15-12/h7-8,14H,5-6H2,1-4H3. The van der Waals surface area contributed by atoms with Crippen LogP contribution in [-0.4, -0.2) is 16.5 Å². The molecule has 5 heteroatoms. The Labute approximate surface area is 116 Å². The predicted octanol–water partition coefficient (Wildman–Crippen LogP) is 3.42. The highest BCUT2D eigenvalue weighted by Crippen LogP contribution is 2.22. The Hall–Kier alpha value is -0.780. The first-order valence-corrected chi connectivity index (χ1v) is 7.84. The molecule has 18 heavy (non-hydrogen) atoms. The zero-order valence-corrected chi connectivity index (χ0v) is 12.9. The van der Waals surface area contributed by atoms with E-state index in [1.54, 1.807) is 22.7 Å². The van der Waals surface area contributed by atoms with E-state index in [0.29, 0.717) is 6.04 Å². The van der Waals surface area contributed by atoms with Crippen LogP contribution < -0.4 is 5.32 Å². The molecule has 0 aromatic carbocycles. The summed E-state index contributed by atoms with van der Waals surface area (Å²) in [6.07, 6.45) is 0.983. The summed E-state index contributed by atoms with van der Waals surface area (Å²) in [7, 11) is 0. The van der Waals surface area contributed by atoms with Gasteiger partial charge in [-0.25, -0.2) is 9.97 Å². The highest BCUT2D eigenvalue weighted by Gasteiger charge is 2.12. The third-order valence-corrected chi connectivity index (χ3v) is 4.57. The number of thiazole rings is 2. The third-order valence-electron chi connectivity index (χ3n) is 2.85. The predicted molar refractivity (Wildman–Crippen MR) is 78.6 cm³/mol. The van der Waals surface area contributed by atoms with Crippen LogP contribution >= 0.6 is 22.7 Å². The molecule has 1 atom stereocenters. The van der Waals surface area contributed by atoms with E-state index in [1.165, 1.54) is 16.3 Å². The van der Waals surface area contributed by atoms with Crippen LogP contribution in [0.15, 0.2) is 5.38 Å². The van der Waals surface area contributed by atoms with Crippen LogP contribution in [0.3, 0.4) is 0 Å². The largest absolute Gasteiger partial charge is 0.308 e. The maximum atomic E-state index is 4.58. The normalized spacial score (nSPS) is 12.9. The summed E-state index contributed by atoms with van der Waals surface area (Å²) in [6, 6.07) is 0.315. The first-order chi connectivity index (χ1) is 8.56. The van der Waals surface area contributed by atoms with Crippen LogP contribution in [0.1, 0.15) is 39.2 Å². The van der Waals surface area contributed by atoms with Crippen molar-refractivity contribution in [3.05, 3.63) is 31.7 Å². The van der Waals surface area contributed by atoms with Crippen LogP contribution in [0, 0.1) is 20.8 Å². The molecule has 2 aromatic rings. The fourth-order valence-corrected chi connectivity index (χ4v) is 3.54.